The average molecular weight is 426 g/mol. The van der Waals surface area contributed by atoms with E-state index >= 15 is 0 Å². The molecule has 1 fully saturated rings. The van der Waals surface area contributed by atoms with Crippen molar-refractivity contribution >= 4 is 23.1 Å². The molecule has 7 nitrogen and oxygen atoms in total. The van der Waals surface area contributed by atoms with E-state index < -0.39 is 5.67 Å². The van der Waals surface area contributed by atoms with Crippen LogP contribution < -0.4 is 21.2 Å². The number of nitrogens with two attached hydrogens (primary N) is 2. The van der Waals surface area contributed by atoms with E-state index in [1.165, 1.54) is 0 Å². The Labute approximate surface area is 181 Å². The third-order valence-corrected chi connectivity index (χ3v) is 6.26. The van der Waals surface area contributed by atoms with Crippen molar-refractivity contribution in [1.82, 2.24) is 4.90 Å². The summed E-state index contributed by atoms with van der Waals surface area (Å²) in [5.41, 5.74) is 7.80. The Kier molecular flexibility index (Phi) is 5.71. The summed E-state index contributed by atoms with van der Waals surface area (Å²) in [5.74, 6) is 6.10. The summed E-state index contributed by atoms with van der Waals surface area (Å²) in [6.45, 7) is 3.92. The number of hydrazone groups is 1. The molecule has 0 unspecified atom stereocenters. The van der Waals surface area contributed by atoms with Gasteiger partial charge in [0, 0.05) is 29.9 Å². The second-order valence-electron chi connectivity index (χ2n) is 8.04. The van der Waals surface area contributed by atoms with Gasteiger partial charge in [0.15, 0.2) is 0 Å². The SMILES string of the molecule is CCC1(F)CCN(C(=O)c2ccc3c(c2)OCCN3c2ccc(/C(N)=N/N)cc2)CC1. The van der Waals surface area contributed by atoms with E-state index in [1.807, 2.05) is 43.3 Å². The number of fused-ring (bicyclic) bond motifs is 1. The maximum atomic E-state index is 14.5. The number of ether oxygens (including phenoxy) is 1. The number of alkyl halides is 1. The highest BCUT2D eigenvalue weighted by molar-refractivity contribution is 5.98. The van der Waals surface area contributed by atoms with Gasteiger partial charge >= 0.3 is 0 Å². The molecule has 31 heavy (non-hydrogen) atoms. The molecule has 0 atom stereocenters. The lowest BCUT2D eigenvalue weighted by atomic mass is 9.90. The van der Waals surface area contributed by atoms with Gasteiger partial charge in [-0.3, -0.25) is 4.79 Å². The predicted molar refractivity (Wildman–Crippen MR) is 120 cm³/mol. The van der Waals surface area contributed by atoms with E-state index in [9.17, 15) is 9.18 Å². The molecule has 2 aliphatic rings. The molecule has 8 heteroatoms. The second kappa shape index (κ2) is 8.45. The van der Waals surface area contributed by atoms with Crippen LogP contribution in [0.5, 0.6) is 5.75 Å². The van der Waals surface area contributed by atoms with Gasteiger partial charge in [-0.1, -0.05) is 6.92 Å². The van der Waals surface area contributed by atoms with Crippen LogP contribution in [-0.2, 0) is 0 Å². The Balaban J connectivity index is 1.53. The predicted octanol–water partition coefficient (Wildman–Crippen LogP) is 3.15. The Morgan fingerprint density at radius 1 is 1.13 bits per heavy atom. The minimum atomic E-state index is -1.15. The summed E-state index contributed by atoms with van der Waals surface area (Å²) >= 11 is 0. The van der Waals surface area contributed by atoms with Crippen molar-refractivity contribution in [3.8, 4) is 5.75 Å². The van der Waals surface area contributed by atoms with Crippen LogP contribution in [0, 0.1) is 0 Å². The largest absolute Gasteiger partial charge is 0.490 e. The number of likely N-dealkylation sites (tertiary alicyclic amines) is 1. The highest BCUT2D eigenvalue weighted by atomic mass is 19.1. The first-order valence-electron chi connectivity index (χ1n) is 10.6. The monoisotopic (exact) mass is 425 g/mol. The minimum Gasteiger partial charge on any atom is -0.490 e. The minimum absolute atomic E-state index is 0.0809. The maximum Gasteiger partial charge on any atom is 0.253 e. The summed E-state index contributed by atoms with van der Waals surface area (Å²) in [4.78, 5) is 16.8. The van der Waals surface area contributed by atoms with Crippen molar-refractivity contribution in [3.63, 3.8) is 0 Å². The van der Waals surface area contributed by atoms with Crippen LogP contribution in [0.25, 0.3) is 0 Å². The summed E-state index contributed by atoms with van der Waals surface area (Å²) < 4.78 is 20.3. The molecule has 2 aliphatic heterocycles. The van der Waals surface area contributed by atoms with E-state index in [0.29, 0.717) is 56.8 Å². The molecule has 2 heterocycles. The molecular formula is C23H28FN5O2. The van der Waals surface area contributed by atoms with E-state index in [-0.39, 0.29) is 11.7 Å². The number of carbonyl (C=O) groups excluding carboxylic acids is 1. The number of nitrogens with zero attached hydrogens (tertiary/aromatic N) is 3. The first-order chi connectivity index (χ1) is 14.9. The lowest BCUT2D eigenvalue weighted by molar-refractivity contribution is 0.0419. The van der Waals surface area contributed by atoms with Gasteiger partial charge in [-0.25, -0.2) is 4.39 Å². The summed E-state index contributed by atoms with van der Waals surface area (Å²) in [6, 6.07) is 13.1. The van der Waals surface area contributed by atoms with Gasteiger partial charge in [0.05, 0.1) is 12.2 Å². The van der Waals surface area contributed by atoms with Crippen LogP contribution in [0.15, 0.2) is 47.6 Å². The highest BCUT2D eigenvalue weighted by Gasteiger charge is 2.34. The number of piperidine rings is 1. The molecular weight excluding hydrogens is 397 g/mol. The average Bonchev–Trinajstić information content (AvgIpc) is 2.83. The molecule has 4 rings (SSSR count). The lowest BCUT2D eigenvalue weighted by Crippen LogP contribution is -2.44. The van der Waals surface area contributed by atoms with E-state index in [4.69, 9.17) is 16.3 Å². The number of hydrogen-bond donors (Lipinski definition) is 2. The number of benzene rings is 2. The molecule has 1 amide bonds. The fourth-order valence-electron chi connectivity index (χ4n) is 4.15. The molecule has 1 saturated heterocycles. The normalized spacial score (nSPS) is 18.3. The van der Waals surface area contributed by atoms with Crippen molar-refractivity contribution in [1.29, 1.82) is 0 Å². The number of carbonyl (C=O) groups is 1. The van der Waals surface area contributed by atoms with Crippen molar-refractivity contribution < 1.29 is 13.9 Å². The summed E-state index contributed by atoms with van der Waals surface area (Å²) in [7, 11) is 0. The van der Waals surface area contributed by atoms with Gasteiger partial charge in [0.25, 0.3) is 5.91 Å². The topological polar surface area (TPSA) is 97.2 Å². The zero-order chi connectivity index (χ0) is 22.0. The van der Waals surface area contributed by atoms with Crippen molar-refractivity contribution in [2.24, 2.45) is 16.7 Å². The molecule has 0 saturated carbocycles. The first kappa shape index (κ1) is 21.0. The molecule has 0 bridgehead atoms. The van der Waals surface area contributed by atoms with Gasteiger partial charge in [0.2, 0.25) is 0 Å². The Bertz CT molecular complexity index is 984. The van der Waals surface area contributed by atoms with Crippen LogP contribution in [0.1, 0.15) is 42.1 Å². The fraction of sp³-hybridized carbons (Fsp3) is 0.391. The smallest absolute Gasteiger partial charge is 0.253 e. The van der Waals surface area contributed by atoms with Gasteiger partial charge in [-0.15, -0.1) is 0 Å². The fourth-order valence-corrected chi connectivity index (χ4v) is 4.15. The number of rotatable bonds is 4. The molecule has 4 N–H and O–H groups in total. The zero-order valence-corrected chi connectivity index (χ0v) is 17.7. The molecule has 0 spiro atoms. The second-order valence-corrected chi connectivity index (χ2v) is 8.04. The van der Waals surface area contributed by atoms with Crippen molar-refractivity contribution in [3.05, 3.63) is 53.6 Å². The molecule has 0 radical (unpaired) electrons. The Morgan fingerprint density at radius 2 is 1.81 bits per heavy atom. The van der Waals surface area contributed by atoms with Crippen LogP contribution in [0.4, 0.5) is 15.8 Å². The molecule has 2 aromatic carbocycles. The first-order valence-corrected chi connectivity index (χ1v) is 10.6. The maximum absolute atomic E-state index is 14.5. The van der Waals surface area contributed by atoms with Crippen LogP contribution in [0.2, 0.25) is 0 Å². The van der Waals surface area contributed by atoms with Gasteiger partial charge in [-0.2, -0.15) is 5.10 Å². The molecule has 2 aromatic rings. The highest BCUT2D eigenvalue weighted by Crippen LogP contribution is 2.38. The van der Waals surface area contributed by atoms with E-state index in [0.717, 1.165) is 16.9 Å². The van der Waals surface area contributed by atoms with Crippen LogP contribution in [-0.4, -0.2) is 48.6 Å². The number of anilines is 2. The number of amides is 1. The Hall–Kier alpha value is -3.29. The lowest BCUT2D eigenvalue weighted by Gasteiger charge is -2.36. The van der Waals surface area contributed by atoms with Gasteiger partial charge in [-0.05, 0) is 61.7 Å². The Morgan fingerprint density at radius 3 is 2.45 bits per heavy atom. The van der Waals surface area contributed by atoms with Crippen molar-refractivity contribution in [2.45, 2.75) is 31.9 Å². The zero-order valence-electron chi connectivity index (χ0n) is 17.7. The van der Waals surface area contributed by atoms with E-state index in [2.05, 4.69) is 10.0 Å². The van der Waals surface area contributed by atoms with Gasteiger partial charge < -0.3 is 26.1 Å². The third kappa shape index (κ3) is 4.15. The number of amidine groups is 1. The number of halogens is 1. The summed E-state index contributed by atoms with van der Waals surface area (Å²) in [6.07, 6.45) is 1.27. The number of hydrogen-bond acceptors (Lipinski definition) is 5. The van der Waals surface area contributed by atoms with Crippen molar-refractivity contribution in [2.75, 3.05) is 31.1 Å². The van der Waals surface area contributed by atoms with Gasteiger partial charge in [0.1, 0.15) is 23.9 Å². The van der Waals surface area contributed by atoms with Crippen LogP contribution >= 0.6 is 0 Å². The molecule has 0 aromatic heterocycles. The van der Waals surface area contributed by atoms with Crippen LogP contribution in [0.3, 0.4) is 0 Å². The molecule has 164 valence electrons. The summed E-state index contributed by atoms with van der Waals surface area (Å²) in [5, 5.41) is 3.52. The quantitative estimate of drug-likeness (QED) is 0.339. The standard InChI is InChI=1S/C23H28FN5O2/c1-2-23(24)9-11-28(12-10-23)22(30)17-5-8-19-20(15-17)31-14-13-29(19)18-6-3-16(4-7-18)21(25)27-26/h3-8,15H,2,9-14,26H2,1H3,(H2,25,27). The third-order valence-electron chi connectivity index (χ3n) is 6.26. The molecule has 0 aliphatic carbocycles. The van der Waals surface area contributed by atoms with E-state index in [1.54, 1.807) is 11.0 Å².